The van der Waals surface area contributed by atoms with E-state index in [0.717, 1.165) is 0 Å². The van der Waals surface area contributed by atoms with Crippen LogP contribution >= 0.6 is 11.6 Å². The van der Waals surface area contributed by atoms with E-state index in [1.54, 1.807) is 0 Å². The summed E-state index contributed by atoms with van der Waals surface area (Å²) in [5.74, 6) is -1.59. The van der Waals surface area contributed by atoms with Gasteiger partial charge >= 0.3 is 5.97 Å². The van der Waals surface area contributed by atoms with Gasteiger partial charge in [-0.2, -0.15) is 0 Å². The number of aliphatic hydroxyl groups excluding tert-OH is 2. The van der Waals surface area contributed by atoms with E-state index in [1.807, 2.05) is 0 Å². The fourth-order valence-electron chi connectivity index (χ4n) is 1.26. The van der Waals surface area contributed by atoms with Gasteiger partial charge < -0.3 is 15.3 Å². The minimum Gasteiger partial charge on any atom is -0.479 e. The summed E-state index contributed by atoms with van der Waals surface area (Å²) < 4.78 is 0. The number of carbonyl (C=O) groups excluding carboxylic acids is 1. The van der Waals surface area contributed by atoms with E-state index in [4.69, 9.17) is 21.8 Å². The van der Waals surface area contributed by atoms with Gasteiger partial charge in [-0.25, -0.2) is 4.79 Å². The summed E-state index contributed by atoms with van der Waals surface area (Å²) in [7, 11) is 0. The van der Waals surface area contributed by atoms with Gasteiger partial charge in [-0.15, -0.1) is 0 Å². The zero-order valence-electron chi connectivity index (χ0n) is 8.00. The first-order valence-corrected chi connectivity index (χ1v) is 4.69. The second-order valence-electron chi connectivity index (χ2n) is 3.09. The van der Waals surface area contributed by atoms with E-state index < -0.39 is 18.2 Å². The molecule has 86 valence electrons. The van der Waals surface area contributed by atoms with Gasteiger partial charge in [0.15, 0.2) is 6.10 Å². The monoisotopic (exact) mass is 244 g/mol. The number of halogens is 1. The van der Waals surface area contributed by atoms with Gasteiger partial charge in [-0.1, -0.05) is 23.7 Å². The molecule has 16 heavy (non-hydrogen) atoms. The van der Waals surface area contributed by atoms with Crippen LogP contribution in [-0.2, 0) is 4.79 Å². The fourth-order valence-corrected chi connectivity index (χ4v) is 1.56. The number of carbonyl (C=O) groups is 2. The van der Waals surface area contributed by atoms with Crippen molar-refractivity contribution in [2.75, 3.05) is 0 Å². The largest absolute Gasteiger partial charge is 0.479 e. The molecule has 0 fully saturated rings. The molecule has 0 spiro atoms. The molecule has 5 nitrogen and oxygen atoms in total. The Kier molecular flexibility index (Phi) is 4.00. The second kappa shape index (κ2) is 5.07. The van der Waals surface area contributed by atoms with Gasteiger partial charge in [0.25, 0.3) is 0 Å². The van der Waals surface area contributed by atoms with Gasteiger partial charge in [0.1, 0.15) is 12.4 Å². The van der Waals surface area contributed by atoms with E-state index in [2.05, 4.69) is 0 Å². The maximum atomic E-state index is 10.7. The van der Waals surface area contributed by atoms with Crippen LogP contribution in [0.5, 0.6) is 0 Å². The minimum absolute atomic E-state index is 0.0254. The van der Waals surface area contributed by atoms with Crippen molar-refractivity contribution in [1.82, 2.24) is 0 Å². The summed E-state index contributed by atoms with van der Waals surface area (Å²) >= 11 is 5.73. The standard InChI is InChI=1S/C10H9ClO5/c11-6-3-1-2-5(4-12)7(6)8(13)9(14)10(15)16/h1-4,8-9,13-14H,(H,15,16). The summed E-state index contributed by atoms with van der Waals surface area (Å²) in [6.07, 6.45) is -3.34. The van der Waals surface area contributed by atoms with Gasteiger partial charge in [-0.05, 0) is 6.07 Å². The van der Waals surface area contributed by atoms with Crippen LogP contribution in [-0.4, -0.2) is 33.7 Å². The summed E-state index contributed by atoms with van der Waals surface area (Å²) in [6, 6.07) is 4.24. The molecule has 3 N–H and O–H groups in total. The predicted molar refractivity (Wildman–Crippen MR) is 55.4 cm³/mol. The van der Waals surface area contributed by atoms with Crippen LogP contribution in [0.15, 0.2) is 18.2 Å². The highest BCUT2D eigenvalue weighted by atomic mass is 35.5. The summed E-state index contributed by atoms with van der Waals surface area (Å²) in [6.45, 7) is 0. The van der Waals surface area contributed by atoms with Crippen LogP contribution in [0, 0.1) is 0 Å². The van der Waals surface area contributed by atoms with Crippen LogP contribution in [0.3, 0.4) is 0 Å². The van der Waals surface area contributed by atoms with Gasteiger partial charge in [0.2, 0.25) is 0 Å². The zero-order chi connectivity index (χ0) is 12.3. The maximum absolute atomic E-state index is 10.7. The van der Waals surface area contributed by atoms with Crippen LogP contribution < -0.4 is 0 Å². The van der Waals surface area contributed by atoms with E-state index in [1.165, 1.54) is 18.2 Å². The number of aliphatic carboxylic acids is 1. The summed E-state index contributed by atoms with van der Waals surface area (Å²) in [5, 5.41) is 27.3. The SMILES string of the molecule is O=Cc1cccc(Cl)c1C(O)C(O)C(=O)O. The molecule has 1 aromatic carbocycles. The number of carboxylic acid groups (broad SMARTS) is 1. The lowest BCUT2D eigenvalue weighted by molar-refractivity contribution is -0.153. The molecule has 1 aromatic rings. The van der Waals surface area contributed by atoms with Crippen LogP contribution in [0.4, 0.5) is 0 Å². The first-order valence-electron chi connectivity index (χ1n) is 4.31. The van der Waals surface area contributed by atoms with Crippen molar-refractivity contribution < 1.29 is 24.9 Å². The molecule has 0 aromatic heterocycles. The predicted octanol–water partition coefficient (Wildman–Crippen LogP) is 0.631. The maximum Gasteiger partial charge on any atom is 0.335 e. The van der Waals surface area contributed by atoms with Crippen molar-refractivity contribution in [2.24, 2.45) is 0 Å². The average Bonchev–Trinajstić information content (AvgIpc) is 2.26. The lowest BCUT2D eigenvalue weighted by Crippen LogP contribution is -2.28. The Labute approximate surface area is 95.9 Å². The number of hydrogen-bond donors (Lipinski definition) is 3. The van der Waals surface area contributed by atoms with Crippen LogP contribution in [0.25, 0.3) is 0 Å². The molecule has 0 radical (unpaired) electrons. The van der Waals surface area contributed by atoms with E-state index in [0.29, 0.717) is 6.29 Å². The molecule has 0 amide bonds. The van der Waals surface area contributed by atoms with Crippen molar-refractivity contribution in [3.05, 3.63) is 34.3 Å². The molecule has 2 unspecified atom stereocenters. The van der Waals surface area contributed by atoms with Crippen LogP contribution in [0.1, 0.15) is 22.0 Å². The molecule has 0 aliphatic rings. The fraction of sp³-hybridized carbons (Fsp3) is 0.200. The van der Waals surface area contributed by atoms with Crippen molar-refractivity contribution in [3.8, 4) is 0 Å². The van der Waals surface area contributed by atoms with Crippen molar-refractivity contribution in [1.29, 1.82) is 0 Å². The van der Waals surface area contributed by atoms with E-state index in [9.17, 15) is 14.7 Å². The highest BCUT2D eigenvalue weighted by Crippen LogP contribution is 2.28. The summed E-state index contributed by atoms with van der Waals surface area (Å²) in [4.78, 5) is 21.2. The highest BCUT2D eigenvalue weighted by Gasteiger charge is 2.28. The molecule has 0 heterocycles. The molecule has 2 atom stereocenters. The molecule has 1 rings (SSSR count). The van der Waals surface area contributed by atoms with Crippen LogP contribution in [0.2, 0.25) is 5.02 Å². The normalized spacial score (nSPS) is 14.2. The molecule has 0 aliphatic heterocycles. The number of carboxylic acids is 1. The summed E-state index contributed by atoms with van der Waals surface area (Å²) in [5.41, 5.74) is -0.0469. The first kappa shape index (κ1) is 12.6. The average molecular weight is 245 g/mol. The molecule has 0 saturated carbocycles. The smallest absolute Gasteiger partial charge is 0.335 e. The first-order chi connectivity index (χ1) is 7.49. The Morgan fingerprint density at radius 2 is 2.00 bits per heavy atom. The molecule has 0 saturated heterocycles. The van der Waals surface area contributed by atoms with Gasteiger partial charge in [0.05, 0.1) is 0 Å². The molecular formula is C10H9ClO5. The minimum atomic E-state index is -2.03. The Bertz CT molecular complexity index is 418. The Balaban J connectivity index is 3.21. The molecule has 0 aliphatic carbocycles. The quantitative estimate of drug-likeness (QED) is 0.676. The number of aliphatic hydroxyl groups is 2. The number of aldehydes is 1. The van der Waals surface area contributed by atoms with E-state index in [-0.39, 0.29) is 16.1 Å². The lowest BCUT2D eigenvalue weighted by Gasteiger charge is -2.17. The van der Waals surface area contributed by atoms with E-state index >= 15 is 0 Å². The third-order valence-corrected chi connectivity index (χ3v) is 2.39. The third-order valence-electron chi connectivity index (χ3n) is 2.06. The number of hydrogen-bond acceptors (Lipinski definition) is 4. The number of rotatable bonds is 4. The zero-order valence-corrected chi connectivity index (χ0v) is 8.76. The molecule has 6 heteroatoms. The van der Waals surface area contributed by atoms with Gasteiger partial charge in [0, 0.05) is 16.1 Å². The molecular weight excluding hydrogens is 236 g/mol. The molecule has 0 bridgehead atoms. The lowest BCUT2D eigenvalue weighted by atomic mass is 9.99. The van der Waals surface area contributed by atoms with Crippen molar-refractivity contribution in [2.45, 2.75) is 12.2 Å². The van der Waals surface area contributed by atoms with Crippen molar-refractivity contribution >= 4 is 23.9 Å². The van der Waals surface area contributed by atoms with Gasteiger partial charge in [-0.3, -0.25) is 4.79 Å². The third kappa shape index (κ3) is 2.38. The topological polar surface area (TPSA) is 94.8 Å². The van der Waals surface area contributed by atoms with Crippen molar-refractivity contribution in [3.63, 3.8) is 0 Å². The Morgan fingerprint density at radius 1 is 1.38 bits per heavy atom. The number of benzene rings is 1. The highest BCUT2D eigenvalue weighted by molar-refractivity contribution is 6.31. The second-order valence-corrected chi connectivity index (χ2v) is 3.50. The Morgan fingerprint density at radius 3 is 2.50 bits per heavy atom. The Hall–Kier alpha value is -1.43.